The van der Waals surface area contributed by atoms with Crippen molar-refractivity contribution in [1.29, 1.82) is 0 Å². The average molecular weight is 492 g/mol. The van der Waals surface area contributed by atoms with Gasteiger partial charge in [0.15, 0.2) is 0 Å². The molecule has 1 aliphatic heterocycles. The highest BCUT2D eigenvalue weighted by molar-refractivity contribution is 7.09. The first kappa shape index (κ1) is 23.0. The van der Waals surface area contributed by atoms with Crippen molar-refractivity contribution in [2.24, 2.45) is 0 Å². The predicted molar refractivity (Wildman–Crippen MR) is 130 cm³/mol. The number of amides is 2. The van der Waals surface area contributed by atoms with Gasteiger partial charge in [0, 0.05) is 17.8 Å². The summed E-state index contributed by atoms with van der Waals surface area (Å²) in [5.74, 6) is -1.22. The van der Waals surface area contributed by atoms with E-state index in [4.69, 9.17) is 4.74 Å². The van der Waals surface area contributed by atoms with Gasteiger partial charge in [-0.3, -0.25) is 4.79 Å². The van der Waals surface area contributed by atoms with Crippen molar-refractivity contribution in [1.82, 2.24) is 15.2 Å². The molecule has 35 heavy (non-hydrogen) atoms. The molecule has 1 atom stereocenters. The molecule has 9 heteroatoms. The van der Waals surface area contributed by atoms with Gasteiger partial charge in [-0.1, -0.05) is 48.5 Å². The number of fused-ring (bicyclic) bond motifs is 3. The molecular formula is C26H25N3O5S. The minimum Gasteiger partial charge on any atom is -0.480 e. The molecule has 0 unspecified atom stereocenters. The fraction of sp³-hybridized carbons (Fsp3) is 0.308. The number of hydrogen-bond acceptors (Lipinski definition) is 6. The fourth-order valence-electron chi connectivity index (χ4n) is 4.89. The Morgan fingerprint density at radius 2 is 1.77 bits per heavy atom. The second-order valence-corrected chi connectivity index (χ2v) is 9.61. The van der Waals surface area contributed by atoms with E-state index in [1.807, 2.05) is 24.3 Å². The number of hydrogen-bond donors (Lipinski definition) is 2. The van der Waals surface area contributed by atoms with Crippen LogP contribution in [0.5, 0.6) is 0 Å². The van der Waals surface area contributed by atoms with E-state index in [1.54, 1.807) is 5.38 Å². The van der Waals surface area contributed by atoms with E-state index in [0.717, 1.165) is 11.1 Å². The van der Waals surface area contributed by atoms with E-state index in [-0.39, 0.29) is 31.4 Å². The van der Waals surface area contributed by atoms with E-state index < -0.39 is 18.1 Å². The first-order valence-corrected chi connectivity index (χ1v) is 12.4. The van der Waals surface area contributed by atoms with E-state index in [9.17, 15) is 19.5 Å². The van der Waals surface area contributed by atoms with Gasteiger partial charge in [0.25, 0.3) is 0 Å². The van der Waals surface area contributed by atoms with E-state index >= 15 is 0 Å². The van der Waals surface area contributed by atoms with Gasteiger partial charge in [0.05, 0.1) is 18.7 Å². The quantitative estimate of drug-likeness (QED) is 0.520. The molecule has 0 spiro atoms. The Labute approximate surface area is 206 Å². The van der Waals surface area contributed by atoms with Gasteiger partial charge >= 0.3 is 12.1 Å². The Kier molecular flexibility index (Phi) is 6.50. The summed E-state index contributed by atoms with van der Waals surface area (Å²) in [5.41, 5.74) is 5.22. The Hall–Kier alpha value is -3.72. The third kappa shape index (κ3) is 4.77. The molecule has 2 N–H and O–H groups in total. The number of alkyl carbamates (subject to hydrolysis) is 1. The zero-order chi connectivity index (χ0) is 24.4. The summed E-state index contributed by atoms with van der Waals surface area (Å²) in [6, 6.07) is 15.6. The summed E-state index contributed by atoms with van der Waals surface area (Å²) in [4.78, 5) is 42.1. The highest BCUT2D eigenvalue weighted by atomic mass is 32.1. The molecule has 1 aliphatic carbocycles. The van der Waals surface area contributed by atoms with Crippen molar-refractivity contribution in [3.63, 3.8) is 0 Å². The molecule has 5 rings (SSSR count). The Bertz CT molecular complexity index is 1230. The number of rotatable bonds is 7. The smallest absolute Gasteiger partial charge is 0.407 e. The van der Waals surface area contributed by atoms with Gasteiger partial charge in [-0.15, -0.1) is 11.3 Å². The SMILES string of the molecule is O=C(NCc1nc(CC(=O)N2CCC[C@@H]2C(=O)O)cs1)OCC1c2ccccc2-c2ccccc21. The van der Waals surface area contributed by atoms with E-state index in [2.05, 4.69) is 34.6 Å². The van der Waals surface area contributed by atoms with Crippen molar-refractivity contribution >= 4 is 29.3 Å². The zero-order valence-electron chi connectivity index (χ0n) is 19.0. The first-order valence-electron chi connectivity index (χ1n) is 11.6. The molecule has 8 nitrogen and oxygen atoms in total. The number of carboxylic acids is 1. The predicted octanol–water partition coefficient (Wildman–Crippen LogP) is 3.80. The number of aromatic nitrogens is 1. The molecule has 1 fully saturated rings. The molecule has 2 aliphatic rings. The van der Waals surface area contributed by atoms with Crippen LogP contribution in [0.15, 0.2) is 53.9 Å². The minimum atomic E-state index is -0.970. The lowest BCUT2D eigenvalue weighted by atomic mass is 9.98. The topological polar surface area (TPSA) is 109 Å². The molecule has 180 valence electrons. The first-order chi connectivity index (χ1) is 17.0. The number of ether oxygens (including phenoxy) is 1. The largest absolute Gasteiger partial charge is 0.480 e. The van der Waals surface area contributed by atoms with Crippen molar-refractivity contribution < 1.29 is 24.2 Å². The summed E-state index contributed by atoms with van der Waals surface area (Å²) in [5, 5.41) is 14.4. The number of nitrogens with zero attached hydrogens (tertiary/aromatic N) is 2. The lowest BCUT2D eigenvalue weighted by Gasteiger charge is -2.20. The van der Waals surface area contributed by atoms with Gasteiger partial charge < -0.3 is 20.1 Å². The number of carbonyl (C=O) groups excluding carboxylic acids is 2. The van der Waals surface area contributed by atoms with Crippen LogP contribution in [0.2, 0.25) is 0 Å². The van der Waals surface area contributed by atoms with Crippen molar-refractivity contribution in [3.05, 3.63) is 75.7 Å². The maximum Gasteiger partial charge on any atom is 0.407 e. The van der Waals surface area contributed by atoms with Gasteiger partial charge in [0.2, 0.25) is 5.91 Å². The molecule has 0 bridgehead atoms. The summed E-state index contributed by atoms with van der Waals surface area (Å²) < 4.78 is 5.54. The van der Waals surface area contributed by atoms with Crippen LogP contribution in [0.4, 0.5) is 4.79 Å². The monoisotopic (exact) mass is 491 g/mol. The van der Waals surface area contributed by atoms with Crippen LogP contribution in [0, 0.1) is 0 Å². The third-order valence-corrected chi connectivity index (χ3v) is 7.42. The molecule has 2 heterocycles. The number of likely N-dealkylation sites (tertiary alicyclic amines) is 1. The average Bonchev–Trinajstić information content (AvgIpc) is 3.59. The van der Waals surface area contributed by atoms with Crippen LogP contribution in [-0.4, -0.2) is 52.2 Å². The summed E-state index contributed by atoms with van der Waals surface area (Å²) in [6.07, 6.45) is 0.689. The number of thiazole rings is 1. The summed E-state index contributed by atoms with van der Waals surface area (Å²) in [7, 11) is 0. The maximum absolute atomic E-state index is 12.5. The Morgan fingerprint density at radius 3 is 2.46 bits per heavy atom. The van der Waals surface area contributed by atoms with E-state index in [1.165, 1.54) is 27.4 Å². The number of carbonyl (C=O) groups is 3. The van der Waals surface area contributed by atoms with Crippen molar-refractivity contribution in [3.8, 4) is 11.1 Å². The number of benzene rings is 2. The second kappa shape index (κ2) is 9.87. The molecule has 2 aromatic carbocycles. The lowest BCUT2D eigenvalue weighted by molar-refractivity contribution is -0.148. The van der Waals surface area contributed by atoms with Crippen LogP contribution in [0.25, 0.3) is 11.1 Å². The Morgan fingerprint density at radius 1 is 1.09 bits per heavy atom. The van der Waals surface area contributed by atoms with Gasteiger partial charge in [-0.25, -0.2) is 14.6 Å². The molecule has 0 saturated carbocycles. The van der Waals surface area contributed by atoms with Crippen molar-refractivity contribution in [2.75, 3.05) is 13.2 Å². The van der Waals surface area contributed by atoms with Gasteiger partial charge in [-0.05, 0) is 35.1 Å². The van der Waals surface area contributed by atoms with Crippen LogP contribution >= 0.6 is 11.3 Å². The summed E-state index contributed by atoms with van der Waals surface area (Å²) >= 11 is 1.34. The Balaban J connectivity index is 1.13. The highest BCUT2D eigenvalue weighted by Crippen LogP contribution is 2.44. The second-order valence-electron chi connectivity index (χ2n) is 8.67. The van der Waals surface area contributed by atoms with Crippen LogP contribution < -0.4 is 5.32 Å². The van der Waals surface area contributed by atoms with Crippen LogP contribution in [0.3, 0.4) is 0 Å². The van der Waals surface area contributed by atoms with E-state index in [0.29, 0.717) is 30.1 Å². The maximum atomic E-state index is 12.5. The minimum absolute atomic E-state index is 0.00848. The molecule has 2 amide bonds. The highest BCUT2D eigenvalue weighted by Gasteiger charge is 2.34. The molecule has 0 radical (unpaired) electrons. The van der Waals surface area contributed by atoms with Crippen molar-refractivity contribution in [2.45, 2.75) is 37.8 Å². The van der Waals surface area contributed by atoms with Gasteiger partial charge in [-0.2, -0.15) is 0 Å². The molecule has 1 saturated heterocycles. The van der Waals surface area contributed by atoms with Crippen LogP contribution in [0.1, 0.15) is 40.6 Å². The molecule has 1 aromatic heterocycles. The summed E-state index contributed by atoms with van der Waals surface area (Å²) in [6.45, 7) is 0.880. The van der Waals surface area contributed by atoms with Gasteiger partial charge in [0.1, 0.15) is 17.7 Å². The number of nitrogens with one attached hydrogen (secondary N) is 1. The molecular weight excluding hydrogens is 466 g/mol. The number of aliphatic carboxylic acids is 1. The lowest BCUT2D eigenvalue weighted by Crippen LogP contribution is -2.41. The molecule has 3 aromatic rings. The number of carboxylic acid groups (broad SMARTS) is 1. The van der Waals surface area contributed by atoms with Crippen LogP contribution in [-0.2, 0) is 27.3 Å². The normalized spacial score (nSPS) is 16.6. The third-order valence-electron chi connectivity index (χ3n) is 6.52. The standard InChI is InChI=1S/C26H25N3O5S/c30-24(29-11-5-10-22(29)25(31)32)12-16-15-35-23(28-16)13-27-26(33)34-14-21-19-8-3-1-6-17(19)18-7-2-4-9-20(18)21/h1-4,6-9,15,21-22H,5,10-14H2,(H,27,33)(H,31,32)/t22-/m1/s1. The zero-order valence-corrected chi connectivity index (χ0v) is 19.8. The fourth-order valence-corrected chi connectivity index (χ4v) is 5.62.